The molecule has 1 aromatic carbocycles. The summed E-state index contributed by atoms with van der Waals surface area (Å²) in [6.45, 7) is 8.45. The molecule has 1 saturated heterocycles. The number of hydrogen-bond acceptors (Lipinski definition) is 4. The minimum absolute atomic E-state index is 0.101. The third-order valence-electron chi connectivity index (χ3n) is 4.71. The highest BCUT2D eigenvalue weighted by Gasteiger charge is 2.20. The largest absolute Gasteiger partial charge is 0.367 e. The van der Waals surface area contributed by atoms with Crippen LogP contribution in [0.1, 0.15) is 28.4 Å². The van der Waals surface area contributed by atoms with E-state index >= 15 is 0 Å². The van der Waals surface area contributed by atoms with Gasteiger partial charge in [-0.25, -0.2) is 0 Å². The Morgan fingerprint density at radius 2 is 1.77 bits per heavy atom. The summed E-state index contributed by atoms with van der Waals surface area (Å²) in [7, 11) is 0. The quantitative estimate of drug-likeness (QED) is 0.922. The van der Waals surface area contributed by atoms with Crippen molar-refractivity contribution in [1.29, 1.82) is 0 Å². The zero-order valence-corrected chi connectivity index (χ0v) is 15.5. The molecule has 0 atom stereocenters. The van der Waals surface area contributed by atoms with Crippen LogP contribution in [0.4, 0.5) is 11.4 Å². The molecule has 2 aromatic rings. The first kappa shape index (κ1) is 17.9. The predicted molar refractivity (Wildman–Crippen MR) is 103 cm³/mol. The van der Waals surface area contributed by atoms with E-state index in [9.17, 15) is 9.59 Å². The average molecular weight is 352 g/mol. The van der Waals surface area contributed by atoms with Crippen LogP contribution in [0.15, 0.2) is 36.7 Å². The maximum atomic E-state index is 12.6. The van der Waals surface area contributed by atoms with Gasteiger partial charge in [-0.1, -0.05) is 17.7 Å². The molecule has 1 fully saturated rings. The van der Waals surface area contributed by atoms with Crippen molar-refractivity contribution < 1.29 is 9.59 Å². The van der Waals surface area contributed by atoms with Gasteiger partial charge in [0.05, 0.1) is 17.4 Å². The smallest absolute Gasteiger partial charge is 0.257 e. The number of nitrogens with one attached hydrogen (secondary N) is 1. The molecular weight excluding hydrogens is 328 g/mol. The van der Waals surface area contributed by atoms with Gasteiger partial charge in [0, 0.05) is 45.0 Å². The maximum Gasteiger partial charge on any atom is 0.257 e. The molecule has 0 spiro atoms. The zero-order valence-electron chi connectivity index (χ0n) is 15.5. The van der Waals surface area contributed by atoms with Crippen LogP contribution in [0.25, 0.3) is 0 Å². The predicted octanol–water partition coefficient (Wildman–Crippen LogP) is 2.62. The first-order valence-corrected chi connectivity index (χ1v) is 8.78. The van der Waals surface area contributed by atoms with E-state index in [0.717, 1.165) is 35.6 Å². The summed E-state index contributed by atoms with van der Waals surface area (Å²) in [5.74, 6) is -0.0713. The van der Waals surface area contributed by atoms with Gasteiger partial charge in [0.2, 0.25) is 5.91 Å². The lowest BCUT2D eigenvalue weighted by atomic mass is 10.1. The minimum atomic E-state index is -0.173. The molecule has 0 saturated carbocycles. The molecule has 26 heavy (non-hydrogen) atoms. The van der Waals surface area contributed by atoms with Gasteiger partial charge in [0.25, 0.3) is 5.91 Å². The first-order chi connectivity index (χ1) is 12.4. The Labute approximate surface area is 153 Å². The second kappa shape index (κ2) is 7.56. The summed E-state index contributed by atoms with van der Waals surface area (Å²) in [5.41, 5.74) is 4.43. The molecule has 0 radical (unpaired) electrons. The zero-order chi connectivity index (χ0) is 18.7. The van der Waals surface area contributed by atoms with Crippen LogP contribution in [0, 0.1) is 13.8 Å². The fraction of sp³-hybridized carbons (Fsp3) is 0.350. The second-order valence-electron chi connectivity index (χ2n) is 6.70. The molecule has 0 unspecified atom stereocenters. The molecule has 2 heterocycles. The number of aryl methyl sites for hydroxylation is 2. The lowest BCUT2D eigenvalue weighted by Gasteiger charge is -2.35. The summed E-state index contributed by atoms with van der Waals surface area (Å²) < 4.78 is 0. The second-order valence-corrected chi connectivity index (χ2v) is 6.70. The fourth-order valence-corrected chi connectivity index (χ4v) is 3.15. The normalized spacial score (nSPS) is 14.3. The Kier molecular flexibility index (Phi) is 5.21. The molecule has 1 aliphatic heterocycles. The number of nitrogens with zero attached hydrogens (tertiary/aromatic N) is 3. The van der Waals surface area contributed by atoms with Crippen LogP contribution in [0.3, 0.4) is 0 Å². The monoisotopic (exact) mass is 352 g/mol. The van der Waals surface area contributed by atoms with Crippen molar-refractivity contribution in [3.05, 3.63) is 53.3 Å². The number of hydrogen-bond donors (Lipinski definition) is 1. The van der Waals surface area contributed by atoms with Gasteiger partial charge < -0.3 is 15.1 Å². The van der Waals surface area contributed by atoms with Gasteiger partial charge in [-0.05, 0) is 31.5 Å². The Hall–Kier alpha value is -2.89. The number of pyridine rings is 1. The van der Waals surface area contributed by atoms with Crippen LogP contribution in [0.5, 0.6) is 0 Å². The molecule has 3 rings (SSSR count). The number of carbonyl (C=O) groups is 2. The van der Waals surface area contributed by atoms with E-state index in [2.05, 4.69) is 15.2 Å². The Morgan fingerprint density at radius 1 is 1.04 bits per heavy atom. The number of rotatable bonds is 3. The van der Waals surface area contributed by atoms with E-state index in [1.54, 1.807) is 19.3 Å². The molecule has 0 bridgehead atoms. The van der Waals surface area contributed by atoms with Crippen molar-refractivity contribution in [3.63, 3.8) is 0 Å². The van der Waals surface area contributed by atoms with Crippen LogP contribution in [-0.2, 0) is 4.79 Å². The van der Waals surface area contributed by atoms with Crippen molar-refractivity contribution in [2.45, 2.75) is 20.8 Å². The number of anilines is 2. The van der Waals surface area contributed by atoms with Crippen molar-refractivity contribution >= 4 is 23.2 Å². The van der Waals surface area contributed by atoms with Gasteiger partial charge in [0.15, 0.2) is 0 Å². The van der Waals surface area contributed by atoms with E-state index in [4.69, 9.17) is 0 Å². The topological polar surface area (TPSA) is 65.5 Å². The number of amides is 2. The van der Waals surface area contributed by atoms with Gasteiger partial charge >= 0.3 is 0 Å². The van der Waals surface area contributed by atoms with E-state index < -0.39 is 0 Å². The van der Waals surface area contributed by atoms with Gasteiger partial charge in [-0.3, -0.25) is 14.6 Å². The van der Waals surface area contributed by atoms with Crippen molar-refractivity contribution in [1.82, 2.24) is 9.88 Å². The number of aromatic nitrogens is 1. The van der Waals surface area contributed by atoms with E-state index in [1.807, 2.05) is 43.0 Å². The molecular formula is C20H24N4O2. The highest BCUT2D eigenvalue weighted by molar-refractivity contribution is 6.05. The van der Waals surface area contributed by atoms with E-state index in [-0.39, 0.29) is 11.8 Å². The summed E-state index contributed by atoms with van der Waals surface area (Å²) in [4.78, 5) is 32.3. The van der Waals surface area contributed by atoms with Gasteiger partial charge in [-0.15, -0.1) is 0 Å². The van der Waals surface area contributed by atoms with Crippen LogP contribution < -0.4 is 10.2 Å². The van der Waals surface area contributed by atoms with Crippen LogP contribution in [-0.4, -0.2) is 47.9 Å². The maximum absolute atomic E-state index is 12.6. The standard InChI is InChI=1S/C20H24N4O2/c1-14-4-5-19(15(2)10-14)22-20(26)17-11-18(13-21-12-17)24-8-6-23(7-9-24)16(3)25/h4-5,10-13H,6-9H2,1-3H3,(H,22,26). The lowest BCUT2D eigenvalue weighted by Crippen LogP contribution is -2.48. The van der Waals surface area contributed by atoms with E-state index in [0.29, 0.717) is 18.7 Å². The summed E-state index contributed by atoms with van der Waals surface area (Å²) >= 11 is 0. The summed E-state index contributed by atoms with van der Waals surface area (Å²) in [6.07, 6.45) is 3.34. The highest BCUT2D eigenvalue weighted by Crippen LogP contribution is 2.20. The molecule has 6 heteroatoms. The Morgan fingerprint density at radius 3 is 2.42 bits per heavy atom. The molecule has 136 valence electrons. The lowest BCUT2D eigenvalue weighted by molar-refractivity contribution is -0.129. The van der Waals surface area contributed by atoms with Crippen molar-refractivity contribution in [2.24, 2.45) is 0 Å². The van der Waals surface area contributed by atoms with E-state index in [1.165, 1.54) is 0 Å². The fourth-order valence-electron chi connectivity index (χ4n) is 3.15. The molecule has 2 amide bonds. The summed E-state index contributed by atoms with van der Waals surface area (Å²) in [6, 6.07) is 7.79. The average Bonchev–Trinajstić information content (AvgIpc) is 2.64. The Bertz CT molecular complexity index is 826. The first-order valence-electron chi connectivity index (χ1n) is 8.78. The number of carbonyl (C=O) groups excluding carboxylic acids is 2. The highest BCUT2D eigenvalue weighted by atomic mass is 16.2. The van der Waals surface area contributed by atoms with Gasteiger partial charge in [-0.2, -0.15) is 0 Å². The minimum Gasteiger partial charge on any atom is -0.367 e. The molecule has 0 aliphatic carbocycles. The van der Waals surface area contributed by atoms with Gasteiger partial charge in [0.1, 0.15) is 0 Å². The molecule has 1 aliphatic rings. The summed E-state index contributed by atoms with van der Waals surface area (Å²) in [5, 5.41) is 2.96. The van der Waals surface area contributed by atoms with Crippen molar-refractivity contribution in [2.75, 3.05) is 36.4 Å². The van der Waals surface area contributed by atoms with Crippen LogP contribution in [0.2, 0.25) is 0 Å². The van der Waals surface area contributed by atoms with Crippen LogP contribution >= 0.6 is 0 Å². The Balaban J connectivity index is 1.71. The third-order valence-corrected chi connectivity index (χ3v) is 4.71. The molecule has 6 nitrogen and oxygen atoms in total. The van der Waals surface area contributed by atoms with Crippen molar-refractivity contribution in [3.8, 4) is 0 Å². The number of benzene rings is 1. The number of piperazine rings is 1. The molecule has 1 N–H and O–H groups in total. The SMILES string of the molecule is CC(=O)N1CCN(c2cncc(C(=O)Nc3ccc(C)cc3C)c2)CC1. The molecule has 1 aromatic heterocycles. The third kappa shape index (κ3) is 4.02.